The lowest BCUT2D eigenvalue weighted by atomic mass is 10.0. The second-order valence-corrected chi connectivity index (χ2v) is 9.77. The maximum absolute atomic E-state index is 12.4. The Morgan fingerprint density at radius 3 is 2.78 bits per heavy atom. The van der Waals surface area contributed by atoms with Crippen molar-refractivity contribution in [1.29, 1.82) is 0 Å². The molecule has 1 N–H and O–H groups in total. The summed E-state index contributed by atoms with van der Waals surface area (Å²) in [7, 11) is -3.07. The fraction of sp³-hybridized carbons (Fsp3) is 0.632. The van der Waals surface area contributed by atoms with Crippen molar-refractivity contribution < 1.29 is 17.9 Å². The van der Waals surface area contributed by atoms with E-state index in [-0.39, 0.29) is 11.2 Å². The average molecular weight is 394 g/mol. The summed E-state index contributed by atoms with van der Waals surface area (Å²) in [6, 6.07) is 5.78. The summed E-state index contributed by atoms with van der Waals surface area (Å²) in [5, 5.41) is 2.75. The first-order valence-electron chi connectivity index (χ1n) is 9.79. The zero-order valence-electron chi connectivity index (χ0n) is 15.5. The first-order valence-corrected chi connectivity index (χ1v) is 11.3. The van der Waals surface area contributed by atoms with E-state index in [4.69, 9.17) is 4.74 Å². The van der Waals surface area contributed by atoms with Crippen LogP contribution in [0.3, 0.4) is 0 Å². The van der Waals surface area contributed by atoms with Crippen molar-refractivity contribution in [3.8, 4) is 5.75 Å². The number of aryl methyl sites for hydroxylation is 1. The molecule has 1 saturated heterocycles. The quantitative estimate of drug-likeness (QED) is 0.791. The second-order valence-electron chi connectivity index (χ2n) is 7.55. The number of hydrogen-bond acceptors (Lipinski definition) is 5. The van der Waals surface area contributed by atoms with E-state index in [0.29, 0.717) is 26.1 Å². The fourth-order valence-corrected chi connectivity index (χ4v) is 5.62. The molecule has 0 aromatic heterocycles. The van der Waals surface area contributed by atoms with Crippen molar-refractivity contribution >= 4 is 21.6 Å². The summed E-state index contributed by atoms with van der Waals surface area (Å²) in [6.07, 6.45) is 3.77. The van der Waals surface area contributed by atoms with Crippen molar-refractivity contribution in [3.63, 3.8) is 0 Å². The summed E-state index contributed by atoms with van der Waals surface area (Å²) in [5.74, 6) is 0.882. The van der Waals surface area contributed by atoms with Gasteiger partial charge >= 0.3 is 0 Å². The largest absolute Gasteiger partial charge is 0.492 e. The normalized spacial score (nSPS) is 22.0. The number of hydrogen-bond donors (Lipinski definition) is 1. The highest BCUT2D eigenvalue weighted by atomic mass is 32.2. The molecule has 0 atom stereocenters. The Morgan fingerprint density at radius 1 is 1.11 bits per heavy atom. The Hall–Kier alpha value is -1.64. The number of nitrogens with zero attached hydrogens (tertiary/aromatic N) is 2. The third kappa shape index (κ3) is 4.44. The minimum absolute atomic E-state index is 0.0649. The minimum atomic E-state index is -3.07. The lowest BCUT2D eigenvalue weighted by molar-refractivity contribution is -0.116. The molecule has 3 aliphatic rings. The molecule has 1 saturated carbocycles. The Labute approximate surface area is 160 Å². The molecule has 27 heavy (non-hydrogen) atoms. The van der Waals surface area contributed by atoms with Gasteiger partial charge in [-0.2, -0.15) is 0 Å². The van der Waals surface area contributed by atoms with Gasteiger partial charge in [-0.15, -0.1) is 0 Å². The second kappa shape index (κ2) is 7.77. The molecule has 0 radical (unpaired) electrons. The average Bonchev–Trinajstić information content (AvgIpc) is 3.49. The zero-order chi connectivity index (χ0) is 18.9. The van der Waals surface area contributed by atoms with Gasteiger partial charge in [0.05, 0.1) is 5.25 Å². The van der Waals surface area contributed by atoms with E-state index in [1.807, 2.05) is 18.2 Å². The number of amides is 1. The number of nitrogens with one attached hydrogen (secondary N) is 1. The first-order chi connectivity index (χ1) is 13.0. The van der Waals surface area contributed by atoms with Gasteiger partial charge in [-0.3, -0.25) is 9.69 Å². The molecule has 7 nitrogen and oxygen atoms in total. The monoisotopic (exact) mass is 393 g/mol. The van der Waals surface area contributed by atoms with Crippen LogP contribution < -0.4 is 10.1 Å². The Balaban J connectivity index is 1.25. The van der Waals surface area contributed by atoms with Gasteiger partial charge in [0.2, 0.25) is 15.9 Å². The highest BCUT2D eigenvalue weighted by Gasteiger charge is 2.40. The van der Waals surface area contributed by atoms with Crippen LogP contribution in [0.2, 0.25) is 0 Å². The number of sulfonamides is 1. The molecule has 2 aliphatic heterocycles. The van der Waals surface area contributed by atoms with Crippen molar-refractivity contribution in [3.05, 3.63) is 23.8 Å². The number of fused-ring (bicyclic) bond motifs is 1. The number of ether oxygens (including phenoxy) is 1. The third-order valence-electron chi connectivity index (χ3n) is 5.50. The van der Waals surface area contributed by atoms with Crippen molar-refractivity contribution in [2.75, 3.05) is 44.6 Å². The van der Waals surface area contributed by atoms with E-state index in [9.17, 15) is 13.2 Å². The molecule has 8 heteroatoms. The molecule has 4 rings (SSSR count). The van der Waals surface area contributed by atoms with Gasteiger partial charge in [0.15, 0.2) is 0 Å². The van der Waals surface area contributed by atoms with Gasteiger partial charge in [-0.1, -0.05) is 0 Å². The molecule has 0 spiro atoms. The number of benzene rings is 1. The molecule has 2 heterocycles. The number of carbonyl (C=O) groups excluding carboxylic acids is 1. The van der Waals surface area contributed by atoms with Gasteiger partial charge in [-0.05, 0) is 56.0 Å². The highest BCUT2D eigenvalue weighted by molar-refractivity contribution is 7.90. The maximum Gasteiger partial charge on any atom is 0.224 e. The maximum atomic E-state index is 12.4. The molecule has 1 aromatic rings. The number of rotatable bonds is 6. The Kier molecular flexibility index (Phi) is 5.39. The SMILES string of the molecule is O=C1CCc2cc(OCCN3CCCN(S(=O)(=O)C4CC4)CC3)ccc2N1. The van der Waals surface area contributed by atoms with Gasteiger partial charge in [0, 0.05) is 38.3 Å². The van der Waals surface area contributed by atoms with E-state index in [1.165, 1.54) is 0 Å². The topological polar surface area (TPSA) is 79.0 Å². The van der Waals surface area contributed by atoms with Crippen LogP contribution in [0.15, 0.2) is 18.2 Å². The predicted molar refractivity (Wildman–Crippen MR) is 103 cm³/mol. The minimum Gasteiger partial charge on any atom is -0.492 e. The van der Waals surface area contributed by atoms with Crippen LogP contribution in [0.25, 0.3) is 0 Å². The van der Waals surface area contributed by atoms with Gasteiger partial charge in [0.1, 0.15) is 12.4 Å². The van der Waals surface area contributed by atoms with Crippen LogP contribution in [-0.4, -0.2) is 68.1 Å². The zero-order valence-corrected chi connectivity index (χ0v) is 16.3. The van der Waals surface area contributed by atoms with Crippen LogP contribution in [-0.2, 0) is 21.2 Å². The molecule has 2 fully saturated rings. The summed E-state index contributed by atoms with van der Waals surface area (Å²) < 4.78 is 32.4. The molecular formula is C19H27N3O4S. The van der Waals surface area contributed by atoms with Gasteiger partial charge < -0.3 is 10.1 Å². The fourth-order valence-electron chi connectivity index (χ4n) is 3.74. The predicted octanol–water partition coefficient (Wildman–Crippen LogP) is 1.45. The molecule has 0 unspecified atom stereocenters. The van der Waals surface area contributed by atoms with Crippen LogP contribution >= 0.6 is 0 Å². The molecular weight excluding hydrogens is 366 g/mol. The summed E-state index contributed by atoms with van der Waals surface area (Å²) in [6.45, 7) is 4.22. The molecule has 148 valence electrons. The third-order valence-corrected chi connectivity index (χ3v) is 7.90. The van der Waals surface area contributed by atoms with E-state index in [2.05, 4.69) is 10.2 Å². The Bertz CT molecular complexity index is 807. The number of anilines is 1. The van der Waals surface area contributed by atoms with Gasteiger partial charge in [0.25, 0.3) is 0 Å². The van der Waals surface area contributed by atoms with Crippen LogP contribution in [0.1, 0.15) is 31.2 Å². The van der Waals surface area contributed by atoms with E-state index >= 15 is 0 Å². The van der Waals surface area contributed by atoms with Crippen LogP contribution in [0, 0.1) is 0 Å². The highest BCUT2D eigenvalue weighted by Crippen LogP contribution is 2.31. The van der Waals surface area contributed by atoms with E-state index < -0.39 is 10.0 Å². The molecule has 1 aromatic carbocycles. The van der Waals surface area contributed by atoms with E-state index in [1.54, 1.807) is 4.31 Å². The van der Waals surface area contributed by atoms with Crippen molar-refractivity contribution in [1.82, 2.24) is 9.21 Å². The molecule has 0 bridgehead atoms. The lowest BCUT2D eigenvalue weighted by Gasteiger charge is -2.22. The summed E-state index contributed by atoms with van der Waals surface area (Å²) >= 11 is 0. The van der Waals surface area contributed by atoms with Crippen LogP contribution in [0.4, 0.5) is 5.69 Å². The first kappa shape index (κ1) is 18.7. The van der Waals surface area contributed by atoms with E-state index in [0.717, 1.165) is 62.3 Å². The Morgan fingerprint density at radius 2 is 1.96 bits per heavy atom. The van der Waals surface area contributed by atoms with Crippen molar-refractivity contribution in [2.45, 2.75) is 37.4 Å². The lowest BCUT2D eigenvalue weighted by Crippen LogP contribution is -2.37. The van der Waals surface area contributed by atoms with Gasteiger partial charge in [-0.25, -0.2) is 12.7 Å². The summed E-state index contributed by atoms with van der Waals surface area (Å²) in [5.41, 5.74) is 1.99. The summed E-state index contributed by atoms with van der Waals surface area (Å²) in [4.78, 5) is 13.7. The standard InChI is InChI=1S/C19H27N3O4S/c23-19-7-2-15-14-16(3-6-18(15)20-19)26-13-12-21-8-1-9-22(11-10-21)27(24,25)17-4-5-17/h3,6,14,17H,1-2,4-5,7-13H2,(H,20,23). The number of carbonyl (C=O) groups is 1. The molecule has 1 amide bonds. The molecule has 1 aliphatic carbocycles. The van der Waals surface area contributed by atoms with Crippen LogP contribution in [0.5, 0.6) is 5.75 Å². The van der Waals surface area contributed by atoms with Crippen molar-refractivity contribution in [2.24, 2.45) is 0 Å². The smallest absolute Gasteiger partial charge is 0.224 e.